The third-order valence-electron chi connectivity index (χ3n) is 3.48. The van der Waals surface area contributed by atoms with Crippen LogP contribution in [0, 0.1) is 5.92 Å². The fourth-order valence-corrected chi connectivity index (χ4v) is 2.42. The lowest BCUT2D eigenvalue weighted by atomic mass is 10.1. The van der Waals surface area contributed by atoms with Crippen molar-refractivity contribution in [3.8, 4) is 0 Å². The van der Waals surface area contributed by atoms with Gasteiger partial charge in [0.25, 0.3) is 0 Å². The van der Waals surface area contributed by atoms with Gasteiger partial charge in [-0.2, -0.15) is 0 Å². The first kappa shape index (κ1) is 15.3. The summed E-state index contributed by atoms with van der Waals surface area (Å²) in [5, 5.41) is 11.5. The third kappa shape index (κ3) is 5.43. The second kappa shape index (κ2) is 7.64. The Morgan fingerprint density at radius 2 is 2.10 bits per heavy atom. The molecular formula is C15H20N2O4. The summed E-state index contributed by atoms with van der Waals surface area (Å²) < 4.78 is 5.12. The molecule has 0 spiro atoms. The first-order valence-electron chi connectivity index (χ1n) is 7.02. The molecule has 1 amide bonds. The van der Waals surface area contributed by atoms with Crippen LogP contribution < -0.4 is 5.32 Å². The second-order valence-electron chi connectivity index (χ2n) is 5.23. The molecule has 0 aliphatic carbocycles. The number of alkyl carbamates (subject to hydrolysis) is 1. The highest BCUT2D eigenvalue weighted by Gasteiger charge is 2.24. The van der Waals surface area contributed by atoms with Gasteiger partial charge < -0.3 is 15.2 Å². The SMILES string of the molecule is O=C(O)CN1CC[C@H](CNC(=O)OCc2ccccc2)C1. The molecule has 1 aromatic rings. The number of likely N-dealkylation sites (tertiary alicyclic amines) is 1. The van der Waals surface area contributed by atoms with Gasteiger partial charge in [0.2, 0.25) is 0 Å². The highest BCUT2D eigenvalue weighted by molar-refractivity contribution is 5.69. The van der Waals surface area contributed by atoms with Gasteiger partial charge in [0, 0.05) is 13.1 Å². The van der Waals surface area contributed by atoms with Crippen molar-refractivity contribution in [2.45, 2.75) is 13.0 Å². The molecule has 1 atom stereocenters. The number of carbonyl (C=O) groups is 2. The smallest absolute Gasteiger partial charge is 0.407 e. The Bertz CT molecular complexity index is 478. The second-order valence-corrected chi connectivity index (χ2v) is 5.23. The molecule has 2 N–H and O–H groups in total. The van der Waals surface area contributed by atoms with Crippen molar-refractivity contribution in [3.63, 3.8) is 0 Å². The topological polar surface area (TPSA) is 78.9 Å². The number of ether oxygens (including phenoxy) is 1. The van der Waals surface area contributed by atoms with E-state index in [1.165, 1.54) is 0 Å². The molecule has 1 aromatic carbocycles. The molecule has 1 heterocycles. The molecule has 1 saturated heterocycles. The molecule has 0 saturated carbocycles. The first-order chi connectivity index (χ1) is 10.1. The van der Waals surface area contributed by atoms with Gasteiger partial charge in [0.05, 0.1) is 6.54 Å². The van der Waals surface area contributed by atoms with E-state index in [2.05, 4.69) is 5.32 Å². The van der Waals surface area contributed by atoms with Crippen LogP contribution in [-0.4, -0.2) is 48.2 Å². The van der Waals surface area contributed by atoms with Gasteiger partial charge >= 0.3 is 12.1 Å². The van der Waals surface area contributed by atoms with Gasteiger partial charge in [0.15, 0.2) is 0 Å². The lowest BCUT2D eigenvalue weighted by Crippen LogP contribution is -2.32. The molecule has 6 heteroatoms. The third-order valence-corrected chi connectivity index (χ3v) is 3.48. The lowest BCUT2D eigenvalue weighted by Gasteiger charge is -2.14. The number of hydrogen-bond acceptors (Lipinski definition) is 4. The van der Waals surface area contributed by atoms with Crippen molar-refractivity contribution in [1.29, 1.82) is 0 Å². The molecule has 114 valence electrons. The summed E-state index contributed by atoms with van der Waals surface area (Å²) >= 11 is 0. The van der Waals surface area contributed by atoms with Crippen molar-refractivity contribution in [1.82, 2.24) is 10.2 Å². The van der Waals surface area contributed by atoms with E-state index in [1.54, 1.807) is 0 Å². The molecule has 1 fully saturated rings. The molecule has 0 aromatic heterocycles. The van der Waals surface area contributed by atoms with E-state index in [0.717, 1.165) is 18.5 Å². The van der Waals surface area contributed by atoms with Crippen LogP contribution in [0.1, 0.15) is 12.0 Å². The van der Waals surface area contributed by atoms with Crippen LogP contribution in [0.4, 0.5) is 4.79 Å². The maximum absolute atomic E-state index is 11.6. The number of carbonyl (C=O) groups excluding carboxylic acids is 1. The summed E-state index contributed by atoms with van der Waals surface area (Å²) in [6, 6.07) is 9.49. The largest absolute Gasteiger partial charge is 0.480 e. The highest BCUT2D eigenvalue weighted by atomic mass is 16.5. The fourth-order valence-electron chi connectivity index (χ4n) is 2.42. The maximum Gasteiger partial charge on any atom is 0.407 e. The minimum absolute atomic E-state index is 0.0644. The summed E-state index contributed by atoms with van der Waals surface area (Å²) in [5.41, 5.74) is 0.946. The summed E-state index contributed by atoms with van der Waals surface area (Å²) in [4.78, 5) is 24.1. The molecule has 0 radical (unpaired) electrons. The average molecular weight is 292 g/mol. The average Bonchev–Trinajstić information content (AvgIpc) is 2.91. The number of nitrogens with one attached hydrogen (secondary N) is 1. The molecular weight excluding hydrogens is 272 g/mol. The summed E-state index contributed by atoms with van der Waals surface area (Å²) in [6.45, 7) is 2.30. The van der Waals surface area contributed by atoms with Crippen LogP contribution in [0.25, 0.3) is 0 Å². The molecule has 1 aliphatic rings. The van der Waals surface area contributed by atoms with E-state index in [9.17, 15) is 9.59 Å². The van der Waals surface area contributed by atoms with E-state index >= 15 is 0 Å². The van der Waals surface area contributed by atoms with E-state index in [1.807, 2.05) is 35.2 Å². The summed E-state index contributed by atoms with van der Waals surface area (Å²) in [5.74, 6) is -0.528. The molecule has 0 unspecified atom stereocenters. The Morgan fingerprint density at radius 1 is 1.33 bits per heavy atom. The predicted octanol–water partition coefficient (Wildman–Crippen LogP) is 1.32. The van der Waals surface area contributed by atoms with Crippen molar-refractivity contribution in [2.75, 3.05) is 26.2 Å². The Kier molecular flexibility index (Phi) is 5.57. The van der Waals surface area contributed by atoms with Crippen LogP contribution in [-0.2, 0) is 16.1 Å². The zero-order valence-corrected chi connectivity index (χ0v) is 11.8. The van der Waals surface area contributed by atoms with Crippen molar-refractivity contribution in [3.05, 3.63) is 35.9 Å². The zero-order chi connectivity index (χ0) is 15.1. The van der Waals surface area contributed by atoms with Crippen LogP contribution in [0.15, 0.2) is 30.3 Å². The Morgan fingerprint density at radius 3 is 2.81 bits per heavy atom. The van der Waals surface area contributed by atoms with Crippen LogP contribution in [0.2, 0.25) is 0 Å². The van der Waals surface area contributed by atoms with Gasteiger partial charge in [-0.3, -0.25) is 9.69 Å². The van der Waals surface area contributed by atoms with E-state index in [-0.39, 0.29) is 19.1 Å². The van der Waals surface area contributed by atoms with E-state index in [4.69, 9.17) is 9.84 Å². The van der Waals surface area contributed by atoms with Gasteiger partial charge in [-0.15, -0.1) is 0 Å². The zero-order valence-electron chi connectivity index (χ0n) is 11.8. The van der Waals surface area contributed by atoms with Gasteiger partial charge in [-0.1, -0.05) is 30.3 Å². The number of amides is 1. The fraction of sp³-hybridized carbons (Fsp3) is 0.467. The Hall–Kier alpha value is -2.08. The molecule has 2 rings (SSSR count). The summed E-state index contributed by atoms with van der Waals surface area (Å²) in [7, 11) is 0. The van der Waals surface area contributed by atoms with Crippen LogP contribution >= 0.6 is 0 Å². The Balaban J connectivity index is 1.62. The quantitative estimate of drug-likeness (QED) is 0.826. The predicted molar refractivity (Wildman–Crippen MR) is 76.8 cm³/mol. The van der Waals surface area contributed by atoms with Crippen LogP contribution in [0.5, 0.6) is 0 Å². The normalized spacial score (nSPS) is 18.4. The molecule has 1 aliphatic heterocycles. The number of rotatable bonds is 6. The number of benzene rings is 1. The Labute approximate surface area is 123 Å². The monoisotopic (exact) mass is 292 g/mol. The standard InChI is InChI=1S/C15H20N2O4/c18-14(19)10-17-7-6-13(9-17)8-16-15(20)21-11-12-4-2-1-3-5-12/h1-5,13H,6-11H2,(H,16,20)(H,18,19)/t13-/m1/s1. The molecule has 0 bridgehead atoms. The minimum atomic E-state index is -0.814. The lowest BCUT2D eigenvalue weighted by molar-refractivity contribution is -0.138. The van der Waals surface area contributed by atoms with Gasteiger partial charge in [0.1, 0.15) is 6.61 Å². The van der Waals surface area contributed by atoms with Crippen molar-refractivity contribution in [2.24, 2.45) is 5.92 Å². The van der Waals surface area contributed by atoms with E-state index in [0.29, 0.717) is 13.1 Å². The number of carboxylic acids is 1. The van der Waals surface area contributed by atoms with Gasteiger partial charge in [-0.25, -0.2) is 4.79 Å². The van der Waals surface area contributed by atoms with Gasteiger partial charge in [-0.05, 0) is 24.4 Å². The summed E-state index contributed by atoms with van der Waals surface area (Å²) in [6.07, 6.45) is 0.460. The van der Waals surface area contributed by atoms with E-state index < -0.39 is 12.1 Å². The number of aliphatic carboxylic acids is 1. The minimum Gasteiger partial charge on any atom is -0.480 e. The molecule has 6 nitrogen and oxygen atoms in total. The first-order valence-corrected chi connectivity index (χ1v) is 7.02. The highest BCUT2D eigenvalue weighted by Crippen LogP contribution is 2.14. The van der Waals surface area contributed by atoms with Crippen molar-refractivity contribution < 1.29 is 19.4 Å². The van der Waals surface area contributed by atoms with Crippen molar-refractivity contribution >= 4 is 12.1 Å². The maximum atomic E-state index is 11.6. The number of hydrogen-bond donors (Lipinski definition) is 2. The van der Waals surface area contributed by atoms with Crippen LogP contribution in [0.3, 0.4) is 0 Å². The number of nitrogens with zero attached hydrogens (tertiary/aromatic N) is 1. The number of carboxylic acid groups (broad SMARTS) is 1. The molecule has 21 heavy (non-hydrogen) atoms.